The second-order valence-corrected chi connectivity index (χ2v) is 8.30. The summed E-state index contributed by atoms with van der Waals surface area (Å²) in [6.07, 6.45) is 3.08. The van der Waals surface area contributed by atoms with Gasteiger partial charge in [0.15, 0.2) is 5.96 Å². The van der Waals surface area contributed by atoms with Crippen LogP contribution in [0.1, 0.15) is 51.5 Å². The zero-order valence-corrected chi connectivity index (χ0v) is 19.4. The fraction of sp³-hybridized carbons (Fsp3) is 0.591. The molecular weight excluding hydrogens is 409 g/mol. The molecule has 0 saturated heterocycles. The van der Waals surface area contributed by atoms with E-state index in [4.69, 9.17) is 5.73 Å². The van der Waals surface area contributed by atoms with Crippen molar-refractivity contribution in [1.82, 2.24) is 16.0 Å². The molecule has 2 amide bonds. The predicted octanol–water partition coefficient (Wildman–Crippen LogP) is 0.351. The number of aliphatic imine (C=N–C) groups is 1. The highest BCUT2D eigenvalue weighted by Gasteiger charge is 2.29. The number of benzene rings is 1. The Morgan fingerprint density at radius 1 is 1.12 bits per heavy atom. The van der Waals surface area contributed by atoms with Crippen molar-refractivity contribution in [3.8, 4) is 0 Å². The first-order valence-corrected chi connectivity index (χ1v) is 11.2. The second kappa shape index (κ2) is 15.3. The van der Waals surface area contributed by atoms with Crippen molar-refractivity contribution in [2.24, 2.45) is 16.6 Å². The summed E-state index contributed by atoms with van der Waals surface area (Å²) in [6.45, 7) is 4.35. The number of amides is 2. The zero-order chi connectivity index (χ0) is 23.9. The first kappa shape index (κ1) is 27.4. The molecule has 178 valence electrons. The molecular formula is C22H38BN5O4. The minimum absolute atomic E-state index is 0.161. The van der Waals surface area contributed by atoms with Crippen LogP contribution in [0.4, 0.5) is 0 Å². The fourth-order valence-corrected chi connectivity index (χ4v) is 3.28. The molecule has 32 heavy (non-hydrogen) atoms. The van der Waals surface area contributed by atoms with Gasteiger partial charge in [0.2, 0.25) is 11.8 Å². The van der Waals surface area contributed by atoms with Gasteiger partial charge in [0, 0.05) is 20.0 Å². The zero-order valence-electron chi connectivity index (χ0n) is 19.4. The molecule has 0 bridgehead atoms. The lowest BCUT2D eigenvalue weighted by molar-refractivity contribution is -0.129. The molecule has 0 radical (unpaired) electrons. The molecule has 0 aliphatic carbocycles. The van der Waals surface area contributed by atoms with Crippen molar-refractivity contribution in [2.45, 2.75) is 64.4 Å². The molecule has 1 aromatic rings. The highest BCUT2D eigenvalue weighted by molar-refractivity contribution is 6.43. The summed E-state index contributed by atoms with van der Waals surface area (Å²) in [6, 6.07) is 9.12. The van der Waals surface area contributed by atoms with E-state index in [0.29, 0.717) is 44.6 Å². The van der Waals surface area contributed by atoms with Crippen LogP contribution in [0.2, 0.25) is 0 Å². The number of hydrogen-bond donors (Lipinski definition) is 6. The van der Waals surface area contributed by atoms with E-state index in [2.05, 4.69) is 20.9 Å². The minimum Gasteiger partial charge on any atom is -0.426 e. The van der Waals surface area contributed by atoms with E-state index in [-0.39, 0.29) is 11.8 Å². The third-order valence-electron chi connectivity index (χ3n) is 4.99. The Hall–Kier alpha value is -2.59. The summed E-state index contributed by atoms with van der Waals surface area (Å²) in [7, 11) is -0.102. The maximum atomic E-state index is 12.8. The van der Waals surface area contributed by atoms with Crippen LogP contribution < -0.4 is 21.7 Å². The van der Waals surface area contributed by atoms with Gasteiger partial charge in [0.05, 0.1) is 5.94 Å². The van der Waals surface area contributed by atoms with Gasteiger partial charge >= 0.3 is 7.12 Å². The summed E-state index contributed by atoms with van der Waals surface area (Å²) < 4.78 is 0. The minimum atomic E-state index is -1.68. The number of carbonyl (C=O) groups is 2. The first-order valence-electron chi connectivity index (χ1n) is 11.2. The number of hydrogen-bond acceptors (Lipinski definition) is 5. The van der Waals surface area contributed by atoms with Crippen LogP contribution >= 0.6 is 0 Å². The molecule has 0 aliphatic heterocycles. The van der Waals surface area contributed by atoms with Gasteiger partial charge in [0.25, 0.3) is 0 Å². The predicted molar refractivity (Wildman–Crippen MR) is 128 cm³/mol. The number of nitrogens with two attached hydrogens (primary N) is 1. The van der Waals surface area contributed by atoms with Gasteiger partial charge in [-0.15, -0.1) is 0 Å². The number of carbonyl (C=O) groups excluding carboxylic acids is 2. The summed E-state index contributed by atoms with van der Waals surface area (Å²) in [4.78, 5) is 29.1. The van der Waals surface area contributed by atoms with E-state index in [0.717, 1.165) is 12.0 Å². The molecule has 0 aromatic heterocycles. The van der Waals surface area contributed by atoms with E-state index in [1.54, 1.807) is 7.05 Å². The third kappa shape index (κ3) is 11.7. The lowest BCUT2D eigenvalue weighted by atomic mass is 9.75. The molecule has 0 spiro atoms. The summed E-state index contributed by atoms with van der Waals surface area (Å²) in [5.41, 5.74) is 6.77. The quantitative estimate of drug-likeness (QED) is 0.105. The standard InChI is InChI=1S/C22H38BN5O4/c1-16(2)15-19(23(31)32)28-21(30)18(12-8-14-26-22(24)25-3)27-20(29)13-7-11-17-9-5-4-6-10-17/h4-6,9-10,16,18-19,31-32H,7-8,11-15H2,1-3H3,(H,27,29)(H,28,30)(H3,24,25,26)/t18-,19-/m0/s1. The molecule has 9 nitrogen and oxygen atoms in total. The molecule has 2 atom stereocenters. The fourth-order valence-electron chi connectivity index (χ4n) is 3.28. The topological polar surface area (TPSA) is 149 Å². The number of guanidine groups is 1. The molecule has 7 N–H and O–H groups in total. The summed E-state index contributed by atoms with van der Waals surface area (Å²) in [5.74, 6) is -0.989. The maximum absolute atomic E-state index is 12.8. The summed E-state index contributed by atoms with van der Waals surface area (Å²) >= 11 is 0. The molecule has 0 unspecified atom stereocenters. The van der Waals surface area contributed by atoms with E-state index < -0.39 is 25.0 Å². The number of nitrogens with one attached hydrogen (secondary N) is 3. The molecule has 0 saturated carbocycles. The van der Waals surface area contributed by atoms with Crippen LogP contribution in [0.15, 0.2) is 35.3 Å². The highest BCUT2D eigenvalue weighted by atomic mass is 16.4. The number of aryl methyl sites for hydroxylation is 1. The van der Waals surface area contributed by atoms with E-state index in [9.17, 15) is 19.6 Å². The lowest BCUT2D eigenvalue weighted by Gasteiger charge is -2.24. The van der Waals surface area contributed by atoms with E-state index in [1.165, 1.54) is 0 Å². The maximum Gasteiger partial charge on any atom is 0.475 e. The van der Waals surface area contributed by atoms with Gasteiger partial charge in [-0.3, -0.25) is 14.6 Å². The van der Waals surface area contributed by atoms with Gasteiger partial charge in [-0.05, 0) is 43.6 Å². The average Bonchev–Trinajstić information content (AvgIpc) is 2.75. The van der Waals surface area contributed by atoms with Gasteiger partial charge in [0.1, 0.15) is 6.04 Å². The van der Waals surface area contributed by atoms with Crippen molar-refractivity contribution in [2.75, 3.05) is 13.6 Å². The lowest BCUT2D eigenvalue weighted by Crippen LogP contribution is -2.54. The SMILES string of the molecule is CN=C(N)NCCC[C@H](NC(=O)CCCc1ccccc1)C(=O)N[C@@H](CC(C)C)B(O)O. The van der Waals surface area contributed by atoms with Crippen LogP contribution in [0.5, 0.6) is 0 Å². The summed E-state index contributed by atoms with van der Waals surface area (Å²) in [5, 5.41) is 27.6. The Labute approximate surface area is 191 Å². The molecule has 10 heteroatoms. The second-order valence-electron chi connectivity index (χ2n) is 8.30. The Bertz CT molecular complexity index is 716. The molecule has 1 aromatic carbocycles. The van der Waals surface area contributed by atoms with Crippen molar-refractivity contribution >= 4 is 24.9 Å². The van der Waals surface area contributed by atoms with Gasteiger partial charge < -0.3 is 31.7 Å². The third-order valence-corrected chi connectivity index (χ3v) is 4.99. The van der Waals surface area contributed by atoms with Crippen LogP contribution in [0.25, 0.3) is 0 Å². The van der Waals surface area contributed by atoms with Crippen LogP contribution in [-0.2, 0) is 16.0 Å². The van der Waals surface area contributed by atoms with E-state index >= 15 is 0 Å². The Kier molecular flexibility index (Phi) is 13.1. The van der Waals surface area contributed by atoms with Crippen molar-refractivity contribution in [3.05, 3.63) is 35.9 Å². The smallest absolute Gasteiger partial charge is 0.426 e. The van der Waals surface area contributed by atoms with Gasteiger partial charge in [-0.25, -0.2) is 0 Å². The normalized spacial score (nSPS) is 13.4. The van der Waals surface area contributed by atoms with Gasteiger partial charge in [-0.1, -0.05) is 44.2 Å². The molecule has 0 heterocycles. The van der Waals surface area contributed by atoms with Crippen LogP contribution in [0, 0.1) is 5.92 Å². The van der Waals surface area contributed by atoms with Crippen molar-refractivity contribution in [3.63, 3.8) is 0 Å². The van der Waals surface area contributed by atoms with Crippen molar-refractivity contribution < 1.29 is 19.6 Å². The Balaban J connectivity index is 2.66. The Morgan fingerprint density at radius 3 is 2.41 bits per heavy atom. The molecule has 0 fully saturated rings. The van der Waals surface area contributed by atoms with E-state index in [1.807, 2.05) is 44.2 Å². The molecule has 1 rings (SSSR count). The Morgan fingerprint density at radius 2 is 1.81 bits per heavy atom. The molecule has 0 aliphatic rings. The average molecular weight is 447 g/mol. The number of rotatable bonds is 14. The van der Waals surface area contributed by atoms with Crippen molar-refractivity contribution in [1.29, 1.82) is 0 Å². The monoisotopic (exact) mass is 447 g/mol. The number of nitrogens with zero attached hydrogens (tertiary/aromatic N) is 1. The highest BCUT2D eigenvalue weighted by Crippen LogP contribution is 2.08. The van der Waals surface area contributed by atoms with Gasteiger partial charge in [-0.2, -0.15) is 0 Å². The largest absolute Gasteiger partial charge is 0.475 e. The van der Waals surface area contributed by atoms with Crippen LogP contribution in [-0.4, -0.2) is 60.5 Å². The van der Waals surface area contributed by atoms with Crippen LogP contribution in [0.3, 0.4) is 0 Å². The first-order chi connectivity index (χ1) is 15.2.